The quantitative estimate of drug-likeness (QED) is 0.192. The van der Waals surface area contributed by atoms with Crippen LogP contribution < -0.4 is 4.74 Å². The third kappa shape index (κ3) is 6.95. The summed E-state index contributed by atoms with van der Waals surface area (Å²) in [5, 5.41) is 0. The number of ether oxygens (including phenoxy) is 1. The Morgan fingerprint density at radius 3 is 1.79 bits per heavy atom. The van der Waals surface area contributed by atoms with Crippen LogP contribution in [0.25, 0.3) is 11.1 Å². The minimum atomic E-state index is -5.31. The zero-order valence-electron chi connectivity index (χ0n) is 21.9. The zero-order valence-corrected chi connectivity index (χ0v) is 21.9. The van der Waals surface area contributed by atoms with Crippen LogP contribution in [0, 0.1) is 46.9 Å². The standard InChI is InChI=1S/C30H33F7O2/c1-2-3-4-17-5-7-18(8-6-17)19-9-11-20(12-10-19)29(38)39-22-15-23(31)27(24(32)16-22)21-13-25(33)28(26(34)14-21)30(35,36)37/h13-20H,2-12H2,1H3. The Morgan fingerprint density at radius 2 is 1.31 bits per heavy atom. The van der Waals surface area contributed by atoms with E-state index in [9.17, 15) is 35.5 Å². The van der Waals surface area contributed by atoms with Crippen LogP contribution in [-0.4, -0.2) is 5.97 Å². The minimum absolute atomic E-state index is 0.217. The van der Waals surface area contributed by atoms with Crippen LogP contribution in [-0.2, 0) is 11.0 Å². The fraction of sp³-hybridized carbons (Fsp3) is 0.567. The van der Waals surface area contributed by atoms with Crippen LogP contribution in [0.4, 0.5) is 30.7 Å². The van der Waals surface area contributed by atoms with Gasteiger partial charge in [-0.2, -0.15) is 13.2 Å². The smallest absolute Gasteiger partial charge is 0.422 e. The number of unbranched alkanes of at least 4 members (excludes halogenated alkanes) is 1. The molecule has 0 bridgehead atoms. The summed E-state index contributed by atoms with van der Waals surface area (Å²) >= 11 is 0. The van der Waals surface area contributed by atoms with Crippen molar-refractivity contribution in [3.63, 3.8) is 0 Å². The van der Waals surface area contributed by atoms with Gasteiger partial charge >= 0.3 is 12.1 Å². The highest BCUT2D eigenvalue weighted by Gasteiger charge is 2.38. The lowest BCUT2D eigenvalue weighted by Crippen LogP contribution is -2.30. The first kappa shape index (κ1) is 29.4. The van der Waals surface area contributed by atoms with Gasteiger partial charge in [-0.3, -0.25) is 4.79 Å². The SMILES string of the molecule is CCCCC1CCC(C2CCC(C(=O)Oc3cc(F)c(-c4cc(F)c(C(F)(F)F)c(F)c4)c(F)c3)CC2)CC1. The van der Waals surface area contributed by atoms with E-state index in [2.05, 4.69) is 6.92 Å². The van der Waals surface area contributed by atoms with E-state index in [1.165, 1.54) is 44.9 Å². The molecule has 214 valence electrons. The molecular formula is C30H33F7O2. The number of alkyl halides is 3. The third-order valence-electron chi connectivity index (χ3n) is 8.48. The summed E-state index contributed by atoms with van der Waals surface area (Å²) in [7, 11) is 0. The highest BCUT2D eigenvalue weighted by atomic mass is 19.4. The van der Waals surface area contributed by atoms with E-state index in [0.717, 1.165) is 18.8 Å². The normalized spacial score (nSPS) is 24.0. The van der Waals surface area contributed by atoms with Gasteiger partial charge in [0.15, 0.2) is 0 Å². The van der Waals surface area contributed by atoms with Crippen molar-refractivity contribution >= 4 is 5.97 Å². The first-order chi connectivity index (χ1) is 18.5. The highest BCUT2D eigenvalue weighted by molar-refractivity contribution is 5.76. The average molecular weight is 559 g/mol. The Kier molecular flexibility index (Phi) is 9.27. The van der Waals surface area contributed by atoms with Gasteiger partial charge < -0.3 is 4.74 Å². The van der Waals surface area contributed by atoms with E-state index >= 15 is 0 Å². The summed E-state index contributed by atoms with van der Waals surface area (Å²) in [5.74, 6) is -5.98. The molecule has 0 unspecified atom stereocenters. The molecular weight excluding hydrogens is 525 g/mol. The van der Waals surface area contributed by atoms with Crippen molar-refractivity contribution < 1.29 is 40.3 Å². The largest absolute Gasteiger partial charge is 0.426 e. The molecule has 0 radical (unpaired) electrons. The molecule has 2 aromatic carbocycles. The molecule has 0 saturated heterocycles. The Labute approximate surface area is 223 Å². The van der Waals surface area contributed by atoms with Crippen LogP contribution in [0.3, 0.4) is 0 Å². The Morgan fingerprint density at radius 1 is 0.795 bits per heavy atom. The minimum Gasteiger partial charge on any atom is -0.426 e. The van der Waals surface area contributed by atoms with Gasteiger partial charge in [0.2, 0.25) is 0 Å². The molecule has 0 heterocycles. The number of hydrogen-bond acceptors (Lipinski definition) is 2. The number of hydrogen-bond donors (Lipinski definition) is 0. The predicted octanol–water partition coefficient (Wildman–Crippen LogP) is 9.64. The molecule has 2 aromatic rings. The lowest BCUT2D eigenvalue weighted by atomic mass is 9.68. The maximum absolute atomic E-state index is 14.7. The van der Waals surface area contributed by atoms with Gasteiger partial charge in [-0.1, -0.05) is 39.0 Å². The van der Waals surface area contributed by atoms with E-state index in [4.69, 9.17) is 4.74 Å². The number of esters is 1. The summed E-state index contributed by atoms with van der Waals surface area (Å²) in [4.78, 5) is 12.7. The molecule has 0 amide bonds. The van der Waals surface area contributed by atoms with E-state index in [-0.39, 0.29) is 12.1 Å². The Bertz CT molecular complexity index is 1110. The number of halogens is 7. The van der Waals surface area contributed by atoms with Gasteiger partial charge in [0.05, 0.1) is 11.5 Å². The second-order valence-corrected chi connectivity index (χ2v) is 11.0. The topological polar surface area (TPSA) is 26.3 Å². The molecule has 2 fully saturated rings. The van der Waals surface area contributed by atoms with Gasteiger partial charge in [-0.15, -0.1) is 0 Å². The van der Waals surface area contributed by atoms with Crippen molar-refractivity contribution in [1.82, 2.24) is 0 Å². The van der Waals surface area contributed by atoms with Crippen molar-refractivity contribution in [2.45, 2.75) is 83.7 Å². The lowest BCUT2D eigenvalue weighted by molar-refractivity contribution is -0.142. The van der Waals surface area contributed by atoms with Crippen LogP contribution >= 0.6 is 0 Å². The Balaban J connectivity index is 1.36. The maximum Gasteiger partial charge on any atom is 0.422 e. The Hall–Kier alpha value is -2.58. The second-order valence-electron chi connectivity index (χ2n) is 11.0. The molecule has 2 nitrogen and oxygen atoms in total. The molecule has 2 saturated carbocycles. The second kappa shape index (κ2) is 12.3. The van der Waals surface area contributed by atoms with Crippen molar-refractivity contribution in [2.75, 3.05) is 0 Å². The molecule has 39 heavy (non-hydrogen) atoms. The summed E-state index contributed by atoms with van der Waals surface area (Å²) in [6.07, 6.45) is 6.56. The van der Waals surface area contributed by atoms with Crippen LogP contribution in [0.5, 0.6) is 5.75 Å². The van der Waals surface area contributed by atoms with Gasteiger partial charge in [-0.25, -0.2) is 17.6 Å². The molecule has 2 aliphatic rings. The molecule has 2 aliphatic carbocycles. The van der Waals surface area contributed by atoms with Gasteiger partial charge in [0, 0.05) is 12.1 Å². The third-order valence-corrected chi connectivity index (χ3v) is 8.48. The zero-order chi connectivity index (χ0) is 28.3. The number of carbonyl (C=O) groups excluding carboxylic acids is 1. The summed E-state index contributed by atoms with van der Waals surface area (Å²) in [6, 6.07) is 1.81. The molecule has 0 aliphatic heterocycles. The van der Waals surface area contributed by atoms with Crippen molar-refractivity contribution in [2.24, 2.45) is 23.7 Å². The van der Waals surface area contributed by atoms with E-state index < -0.39 is 63.8 Å². The van der Waals surface area contributed by atoms with Crippen LogP contribution in [0.1, 0.15) is 83.1 Å². The molecule has 9 heteroatoms. The molecule has 0 N–H and O–H groups in total. The van der Waals surface area contributed by atoms with E-state index in [0.29, 0.717) is 36.8 Å². The van der Waals surface area contributed by atoms with Crippen LogP contribution in [0.15, 0.2) is 24.3 Å². The summed E-state index contributed by atoms with van der Waals surface area (Å²) in [6.45, 7) is 2.21. The van der Waals surface area contributed by atoms with E-state index in [1.807, 2.05) is 0 Å². The fourth-order valence-corrected chi connectivity index (χ4v) is 6.34. The van der Waals surface area contributed by atoms with Crippen molar-refractivity contribution in [3.8, 4) is 16.9 Å². The van der Waals surface area contributed by atoms with Crippen molar-refractivity contribution in [3.05, 3.63) is 53.1 Å². The summed E-state index contributed by atoms with van der Waals surface area (Å²) < 4.78 is 101. The van der Waals surface area contributed by atoms with Crippen LogP contribution in [0.2, 0.25) is 0 Å². The molecule has 0 aromatic heterocycles. The average Bonchev–Trinajstić information content (AvgIpc) is 2.86. The van der Waals surface area contributed by atoms with Crippen molar-refractivity contribution in [1.29, 1.82) is 0 Å². The fourth-order valence-electron chi connectivity index (χ4n) is 6.34. The first-order valence-electron chi connectivity index (χ1n) is 13.7. The molecule has 4 rings (SSSR count). The highest BCUT2D eigenvalue weighted by Crippen LogP contribution is 2.43. The van der Waals surface area contributed by atoms with Gasteiger partial charge in [0.1, 0.15) is 34.6 Å². The summed E-state index contributed by atoms with van der Waals surface area (Å²) in [5.41, 5.74) is -3.82. The molecule has 0 atom stereocenters. The van der Waals surface area contributed by atoms with Gasteiger partial charge in [-0.05, 0) is 74.0 Å². The van der Waals surface area contributed by atoms with Gasteiger partial charge in [0.25, 0.3) is 0 Å². The monoisotopic (exact) mass is 558 g/mol. The number of carbonyl (C=O) groups is 1. The molecule has 0 spiro atoms. The number of benzene rings is 2. The van der Waals surface area contributed by atoms with E-state index in [1.54, 1.807) is 0 Å². The lowest BCUT2D eigenvalue weighted by Gasteiger charge is -2.37. The number of rotatable bonds is 7. The maximum atomic E-state index is 14.7. The first-order valence-corrected chi connectivity index (χ1v) is 13.7. The predicted molar refractivity (Wildman–Crippen MR) is 133 cm³/mol.